The van der Waals surface area contributed by atoms with Gasteiger partial charge in [0.25, 0.3) is 11.8 Å². The number of aromatic nitrogens is 4. The zero-order chi connectivity index (χ0) is 25.7. The van der Waals surface area contributed by atoms with E-state index in [-0.39, 0.29) is 42.4 Å². The van der Waals surface area contributed by atoms with Crippen LogP contribution in [0.15, 0.2) is 54.9 Å². The maximum absolute atomic E-state index is 14.0. The molecule has 1 saturated heterocycles. The van der Waals surface area contributed by atoms with Crippen LogP contribution in [0.3, 0.4) is 0 Å². The molecule has 2 N–H and O–H groups in total. The molecule has 1 atom stereocenters. The van der Waals surface area contributed by atoms with Crippen LogP contribution in [0.5, 0.6) is 0 Å². The van der Waals surface area contributed by atoms with Gasteiger partial charge >= 0.3 is 0 Å². The first-order chi connectivity index (χ1) is 17.9. The van der Waals surface area contributed by atoms with Gasteiger partial charge in [-0.25, -0.2) is 9.07 Å². The molecule has 37 heavy (non-hydrogen) atoms. The molecular weight excluding hydrogens is 481 g/mol. The van der Waals surface area contributed by atoms with E-state index >= 15 is 0 Å². The Bertz CT molecular complexity index is 1630. The number of pyridine rings is 1. The van der Waals surface area contributed by atoms with Gasteiger partial charge in [-0.3, -0.25) is 29.5 Å². The van der Waals surface area contributed by atoms with Crippen LogP contribution in [0.25, 0.3) is 16.6 Å². The molecule has 2 aromatic carbocycles. The number of imide groups is 1. The molecule has 0 bridgehead atoms. The van der Waals surface area contributed by atoms with E-state index < -0.39 is 23.7 Å². The molecule has 2 aromatic heterocycles. The van der Waals surface area contributed by atoms with Gasteiger partial charge in [-0.2, -0.15) is 0 Å². The molecule has 1 fully saturated rings. The Morgan fingerprint density at radius 2 is 2.00 bits per heavy atom. The molecule has 4 heterocycles. The summed E-state index contributed by atoms with van der Waals surface area (Å²) in [5.74, 6) is -2.14. The summed E-state index contributed by atoms with van der Waals surface area (Å²) in [4.78, 5) is 54.9. The third-order valence-electron chi connectivity index (χ3n) is 6.47. The second-order valence-electron chi connectivity index (χ2n) is 8.74. The van der Waals surface area contributed by atoms with E-state index in [1.807, 2.05) is 0 Å². The normalized spacial score (nSPS) is 17.2. The lowest BCUT2D eigenvalue weighted by molar-refractivity contribution is -0.136. The summed E-state index contributed by atoms with van der Waals surface area (Å²) in [7, 11) is 0. The number of carbonyl (C=O) groups excluding carboxylic acids is 4. The number of hydrogen-bond donors (Lipinski definition) is 2. The van der Waals surface area contributed by atoms with Crippen molar-refractivity contribution >= 4 is 40.2 Å². The Kier molecular flexibility index (Phi) is 5.21. The molecule has 0 radical (unpaired) electrons. The summed E-state index contributed by atoms with van der Waals surface area (Å²) in [6, 6.07) is 10.3. The van der Waals surface area contributed by atoms with E-state index in [0.717, 1.165) is 0 Å². The minimum atomic E-state index is -0.708. The number of halogens is 1. The zero-order valence-electron chi connectivity index (χ0n) is 19.1. The van der Waals surface area contributed by atoms with Crippen LogP contribution in [0.1, 0.15) is 39.3 Å². The molecule has 184 valence electrons. The van der Waals surface area contributed by atoms with Gasteiger partial charge in [0, 0.05) is 30.1 Å². The van der Waals surface area contributed by atoms with Crippen LogP contribution in [-0.2, 0) is 16.1 Å². The Morgan fingerprint density at radius 3 is 2.84 bits per heavy atom. The van der Waals surface area contributed by atoms with E-state index in [4.69, 9.17) is 0 Å². The van der Waals surface area contributed by atoms with Gasteiger partial charge in [0.15, 0.2) is 5.69 Å². The van der Waals surface area contributed by atoms with Gasteiger partial charge < -0.3 is 10.2 Å². The van der Waals surface area contributed by atoms with Gasteiger partial charge in [0.1, 0.15) is 17.4 Å². The van der Waals surface area contributed by atoms with Crippen molar-refractivity contribution in [3.05, 3.63) is 77.5 Å². The van der Waals surface area contributed by atoms with Crippen LogP contribution in [0, 0.1) is 5.82 Å². The molecule has 0 saturated carbocycles. The smallest absolute Gasteiger partial charge is 0.277 e. The van der Waals surface area contributed by atoms with Crippen molar-refractivity contribution in [2.75, 3.05) is 5.32 Å². The molecule has 2 aliphatic heterocycles. The average molecular weight is 499 g/mol. The van der Waals surface area contributed by atoms with Crippen molar-refractivity contribution in [3.63, 3.8) is 0 Å². The van der Waals surface area contributed by atoms with Crippen molar-refractivity contribution in [1.82, 2.24) is 30.2 Å². The SMILES string of the molecule is O=C1CCC(N2Cc3cc(-n4cc(C(=O)Nc5ccc(F)c6ncccc56)nn4)ccc3C2=O)C(=O)N1. The second-order valence-corrected chi connectivity index (χ2v) is 8.74. The Morgan fingerprint density at radius 1 is 1.14 bits per heavy atom. The molecule has 4 amide bonds. The lowest BCUT2D eigenvalue weighted by Crippen LogP contribution is -2.52. The summed E-state index contributed by atoms with van der Waals surface area (Å²) < 4.78 is 15.4. The number of nitrogens with one attached hydrogen (secondary N) is 2. The first-order valence-corrected chi connectivity index (χ1v) is 11.4. The number of benzene rings is 2. The quantitative estimate of drug-likeness (QED) is 0.409. The van der Waals surface area contributed by atoms with Crippen LogP contribution in [0.4, 0.5) is 10.1 Å². The topological polar surface area (TPSA) is 139 Å². The average Bonchev–Trinajstić information content (AvgIpc) is 3.51. The van der Waals surface area contributed by atoms with E-state index in [2.05, 4.69) is 25.9 Å². The van der Waals surface area contributed by atoms with E-state index in [0.29, 0.717) is 27.9 Å². The molecule has 6 rings (SSSR count). The molecule has 2 aliphatic rings. The summed E-state index contributed by atoms with van der Waals surface area (Å²) >= 11 is 0. The van der Waals surface area contributed by atoms with Gasteiger partial charge in [0.05, 0.1) is 17.6 Å². The third kappa shape index (κ3) is 3.88. The fourth-order valence-electron chi connectivity index (χ4n) is 4.63. The van der Waals surface area contributed by atoms with Gasteiger partial charge in [-0.15, -0.1) is 5.10 Å². The summed E-state index contributed by atoms with van der Waals surface area (Å²) in [5, 5.41) is 13.4. The third-order valence-corrected chi connectivity index (χ3v) is 6.47. The van der Waals surface area contributed by atoms with Gasteiger partial charge in [-0.1, -0.05) is 5.21 Å². The number of carbonyl (C=O) groups is 4. The first-order valence-electron chi connectivity index (χ1n) is 11.4. The highest BCUT2D eigenvalue weighted by molar-refractivity contribution is 6.08. The highest BCUT2D eigenvalue weighted by Gasteiger charge is 2.39. The molecule has 12 heteroatoms. The first kappa shape index (κ1) is 22.5. The minimum Gasteiger partial charge on any atom is -0.322 e. The van der Waals surface area contributed by atoms with Crippen LogP contribution in [0.2, 0.25) is 0 Å². The van der Waals surface area contributed by atoms with Crippen molar-refractivity contribution in [2.45, 2.75) is 25.4 Å². The maximum Gasteiger partial charge on any atom is 0.277 e. The lowest BCUT2D eigenvalue weighted by atomic mass is 10.0. The van der Waals surface area contributed by atoms with Crippen molar-refractivity contribution < 1.29 is 23.6 Å². The van der Waals surface area contributed by atoms with E-state index in [9.17, 15) is 23.6 Å². The minimum absolute atomic E-state index is 0.0307. The fourth-order valence-corrected chi connectivity index (χ4v) is 4.63. The highest BCUT2D eigenvalue weighted by atomic mass is 19.1. The lowest BCUT2D eigenvalue weighted by Gasteiger charge is -2.29. The summed E-state index contributed by atoms with van der Waals surface area (Å²) in [6.45, 7) is 0.210. The van der Waals surface area contributed by atoms with E-state index in [1.54, 1.807) is 30.3 Å². The predicted molar refractivity (Wildman–Crippen MR) is 127 cm³/mol. The monoisotopic (exact) mass is 499 g/mol. The van der Waals surface area contributed by atoms with Gasteiger partial charge in [0.2, 0.25) is 11.8 Å². The number of fused-ring (bicyclic) bond motifs is 2. The largest absolute Gasteiger partial charge is 0.322 e. The predicted octanol–water partition coefficient (Wildman–Crippen LogP) is 1.97. The second kappa shape index (κ2) is 8.59. The number of nitrogens with zero attached hydrogens (tertiary/aromatic N) is 5. The molecule has 4 aromatic rings. The van der Waals surface area contributed by atoms with Crippen LogP contribution >= 0.6 is 0 Å². The standard InChI is InChI=1S/C25H18FN7O4/c26-17-5-6-18(16-2-1-9-27-22(16)17)28-23(35)19-12-33(31-30-19)14-3-4-15-13(10-14)11-32(25(15)37)20-7-8-21(34)29-24(20)36/h1-6,9-10,12,20H,7-8,11H2,(H,28,35)(H,29,34,36). The zero-order valence-corrected chi connectivity index (χ0v) is 19.1. The van der Waals surface area contributed by atoms with Crippen molar-refractivity contribution in [1.29, 1.82) is 0 Å². The Hall–Kier alpha value is -5.00. The Labute approximate surface area is 208 Å². The summed E-state index contributed by atoms with van der Waals surface area (Å²) in [6.07, 6.45) is 3.36. The molecule has 0 aliphatic carbocycles. The number of amides is 4. The number of rotatable bonds is 4. The number of hydrogen-bond acceptors (Lipinski definition) is 7. The van der Waals surface area contributed by atoms with Gasteiger partial charge in [-0.05, 0) is 54.4 Å². The molecule has 0 spiro atoms. The van der Waals surface area contributed by atoms with E-state index in [1.165, 1.54) is 34.1 Å². The van der Waals surface area contributed by atoms with Crippen molar-refractivity contribution in [2.24, 2.45) is 0 Å². The molecule has 11 nitrogen and oxygen atoms in total. The highest BCUT2D eigenvalue weighted by Crippen LogP contribution is 2.29. The number of anilines is 1. The summed E-state index contributed by atoms with van der Waals surface area (Å²) in [5.41, 5.74) is 2.28. The molecular formula is C25H18FN7O4. The van der Waals surface area contributed by atoms with Crippen LogP contribution in [-0.4, -0.2) is 54.5 Å². The molecule has 1 unspecified atom stereocenters. The van der Waals surface area contributed by atoms with Crippen molar-refractivity contribution in [3.8, 4) is 5.69 Å². The Balaban J connectivity index is 1.22. The fraction of sp³-hybridized carbons (Fsp3) is 0.160. The number of piperidine rings is 1. The van der Waals surface area contributed by atoms with Crippen LogP contribution < -0.4 is 10.6 Å². The maximum atomic E-state index is 14.0.